The molecule has 0 radical (unpaired) electrons. The van der Waals surface area contributed by atoms with Crippen molar-refractivity contribution in [2.45, 2.75) is 17.4 Å². The van der Waals surface area contributed by atoms with E-state index in [0.29, 0.717) is 13.1 Å². The van der Waals surface area contributed by atoms with Crippen molar-refractivity contribution >= 4 is 28.3 Å². The van der Waals surface area contributed by atoms with Gasteiger partial charge in [-0.3, -0.25) is 4.79 Å². The van der Waals surface area contributed by atoms with Crippen molar-refractivity contribution in [2.75, 3.05) is 26.7 Å². The van der Waals surface area contributed by atoms with Gasteiger partial charge in [-0.15, -0.1) is 12.4 Å². The lowest BCUT2D eigenvalue weighted by atomic mass is 10.3. The first-order valence-electron chi connectivity index (χ1n) is 6.46. The molecular weight excluding hydrogens is 314 g/mol. The number of sulfonamides is 1. The summed E-state index contributed by atoms with van der Waals surface area (Å²) in [6.07, 6.45) is 0.765. The van der Waals surface area contributed by atoms with Crippen LogP contribution in [0.4, 0.5) is 0 Å². The molecule has 2 N–H and O–H groups in total. The molecule has 0 spiro atoms. The minimum absolute atomic E-state index is 0. The zero-order valence-corrected chi connectivity index (χ0v) is 13.4. The van der Waals surface area contributed by atoms with Crippen LogP contribution in [0.25, 0.3) is 0 Å². The Morgan fingerprint density at radius 2 is 2.00 bits per heavy atom. The fourth-order valence-electron chi connectivity index (χ4n) is 2.16. The first-order chi connectivity index (χ1) is 9.41. The SMILES string of the molecule is CN(CC(=O)N1CC[C@@H](N)C1)S(=O)(=O)c1ccccc1.Cl. The van der Waals surface area contributed by atoms with E-state index in [1.807, 2.05) is 0 Å². The average Bonchev–Trinajstić information content (AvgIpc) is 2.86. The monoisotopic (exact) mass is 333 g/mol. The average molecular weight is 334 g/mol. The van der Waals surface area contributed by atoms with Gasteiger partial charge in [-0.1, -0.05) is 18.2 Å². The number of rotatable bonds is 4. The third-order valence-corrected chi connectivity index (χ3v) is 5.20. The number of likely N-dealkylation sites (N-methyl/N-ethyl adjacent to an activating group) is 1. The van der Waals surface area contributed by atoms with E-state index in [1.165, 1.54) is 19.2 Å². The van der Waals surface area contributed by atoms with Crippen molar-refractivity contribution < 1.29 is 13.2 Å². The van der Waals surface area contributed by atoms with Crippen LogP contribution < -0.4 is 5.73 Å². The molecule has 0 unspecified atom stereocenters. The molecule has 1 aromatic carbocycles. The normalized spacial score (nSPS) is 18.6. The number of amides is 1. The zero-order valence-electron chi connectivity index (χ0n) is 11.8. The summed E-state index contributed by atoms with van der Waals surface area (Å²) in [5.41, 5.74) is 5.74. The van der Waals surface area contributed by atoms with E-state index in [9.17, 15) is 13.2 Å². The van der Waals surface area contributed by atoms with Gasteiger partial charge in [-0.05, 0) is 18.6 Å². The predicted octanol–water partition coefficient (Wildman–Crippen LogP) is 0.289. The summed E-state index contributed by atoms with van der Waals surface area (Å²) in [4.78, 5) is 13.8. The standard InChI is InChI=1S/C13H19N3O3S.ClH/c1-15(10-13(17)16-8-7-11(14)9-16)20(18,19)12-5-3-2-4-6-12;/h2-6,11H,7-10,14H2,1H3;1H/t11-;/m1./s1. The summed E-state index contributed by atoms with van der Waals surface area (Å²) in [5, 5.41) is 0. The van der Waals surface area contributed by atoms with Crippen LogP contribution in [0.15, 0.2) is 35.2 Å². The van der Waals surface area contributed by atoms with E-state index >= 15 is 0 Å². The van der Waals surface area contributed by atoms with Gasteiger partial charge in [0.05, 0.1) is 11.4 Å². The molecule has 0 saturated carbocycles. The summed E-state index contributed by atoms with van der Waals surface area (Å²) < 4.78 is 25.6. The molecule has 1 aromatic rings. The molecular formula is C13H20ClN3O3S. The highest BCUT2D eigenvalue weighted by Crippen LogP contribution is 2.14. The zero-order chi connectivity index (χ0) is 14.8. The molecule has 1 saturated heterocycles. The minimum Gasteiger partial charge on any atom is -0.340 e. The maximum Gasteiger partial charge on any atom is 0.243 e. The fraction of sp³-hybridized carbons (Fsp3) is 0.462. The van der Waals surface area contributed by atoms with Crippen LogP contribution in [0.2, 0.25) is 0 Å². The predicted molar refractivity (Wildman–Crippen MR) is 82.7 cm³/mol. The highest BCUT2D eigenvalue weighted by molar-refractivity contribution is 7.89. The third kappa shape index (κ3) is 4.16. The molecule has 118 valence electrons. The lowest BCUT2D eigenvalue weighted by molar-refractivity contribution is -0.130. The van der Waals surface area contributed by atoms with Gasteiger partial charge >= 0.3 is 0 Å². The number of carbonyl (C=O) groups excluding carboxylic acids is 1. The Hall–Kier alpha value is -1.15. The van der Waals surface area contributed by atoms with Crippen LogP contribution in [-0.2, 0) is 14.8 Å². The molecule has 1 amide bonds. The molecule has 1 atom stereocenters. The highest BCUT2D eigenvalue weighted by atomic mass is 35.5. The van der Waals surface area contributed by atoms with E-state index in [0.717, 1.165) is 10.7 Å². The van der Waals surface area contributed by atoms with Gasteiger partial charge in [0.25, 0.3) is 0 Å². The minimum atomic E-state index is -3.62. The van der Waals surface area contributed by atoms with E-state index in [-0.39, 0.29) is 35.8 Å². The molecule has 1 aliphatic rings. The number of hydrogen-bond donors (Lipinski definition) is 1. The molecule has 8 heteroatoms. The molecule has 1 fully saturated rings. The van der Waals surface area contributed by atoms with Crippen LogP contribution in [0.5, 0.6) is 0 Å². The Kier molecular flexibility index (Phi) is 6.15. The van der Waals surface area contributed by atoms with Gasteiger partial charge in [0.15, 0.2) is 0 Å². The Morgan fingerprint density at radius 1 is 1.38 bits per heavy atom. The van der Waals surface area contributed by atoms with Crippen molar-refractivity contribution in [3.63, 3.8) is 0 Å². The molecule has 0 aromatic heterocycles. The molecule has 2 rings (SSSR count). The van der Waals surface area contributed by atoms with Gasteiger partial charge in [0, 0.05) is 26.2 Å². The molecule has 0 bridgehead atoms. The number of nitrogens with zero attached hydrogens (tertiary/aromatic N) is 2. The summed E-state index contributed by atoms with van der Waals surface area (Å²) in [7, 11) is -2.21. The van der Waals surface area contributed by atoms with Crippen molar-refractivity contribution in [2.24, 2.45) is 5.73 Å². The van der Waals surface area contributed by atoms with Gasteiger partial charge < -0.3 is 10.6 Å². The number of hydrogen-bond acceptors (Lipinski definition) is 4. The van der Waals surface area contributed by atoms with Crippen LogP contribution in [0, 0.1) is 0 Å². The summed E-state index contributed by atoms with van der Waals surface area (Å²) in [6.45, 7) is 0.932. The first kappa shape index (κ1) is 17.9. The number of benzene rings is 1. The highest BCUT2D eigenvalue weighted by Gasteiger charge is 2.28. The number of likely N-dealkylation sites (tertiary alicyclic amines) is 1. The molecule has 21 heavy (non-hydrogen) atoms. The van der Waals surface area contributed by atoms with E-state index in [1.54, 1.807) is 23.1 Å². The second kappa shape index (κ2) is 7.22. The first-order valence-corrected chi connectivity index (χ1v) is 7.90. The Labute approximate surface area is 131 Å². The van der Waals surface area contributed by atoms with Gasteiger partial charge in [0.2, 0.25) is 15.9 Å². The fourth-order valence-corrected chi connectivity index (χ4v) is 3.30. The van der Waals surface area contributed by atoms with E-state index in [2.05, 4.69) is 0 Å². The maximum atomic E-state index is 12.3. The smallest absolute Gasteiger partial charge is 0.243 e. The van der Waals surface area contributed by atoms with Crippen molar-refractivity contribution in [3.8, 4) is 0 Å². The quantitative estimate of drug-likeness (QED) is 0.858. The number of carbonyl (C=O) groups is 1. The lowest BCUT2D eigenvalue weighted by Gasteiger charge is -2.21. The largest absolute Gasteiger partial charge is 0.340 e. The summed E-state index contributed by atoms with van der Waals surface area (Å²) in [6, 6.07) is 8.08. The molecule has 1 heterocycles. The second-order valence-electron chi connectivity index (χ2n) is 4.96. The molecule has 0 aliphatic carbocycles. The van der Waals surface area contributed by atoms with Gasteiger partial charge in [0.1, 0.15) is 0 Å². The second-order valence-corrected chi connectivity index (χ2v) is 7.01. The third-order valence-electron chi connectivity index (χ3n) is 3.39. The summed E-state index contributed by atoms with van der Waals surface area (Å²) >= 11 is 0. The lowest BCUT2D eigenvalue weighted by Crippen LogP contribution is -2.41. The van der Waals surface area contributed by atoms with Crippen LogP contribution >= 0.6 is 12.4 Å². The summed E-state index contributed by atoms with van der Waals surface area (Å²) in [5.74, 6) is -0.208. The van der Waals surface area contributed by atoms with Crippen LogP contribution in [0.3, 0.4) is 0 Å². The van der Waals surface area contributed by atoms with E-state index < -0.39 is 10.0 Å². The molecule has 1 aliphatic heterocycles. The Morgan fingerprint density at radius 3 is 2.52 bits per heavy atom. The topological polar surface area (TPSA) is 83.7 Å². The van der Waals surface area contributed by atoms with Crippen LogP contribution in [-0.4, -0.2) is 56.3 Å². The van der Waals surface area contributed by atoms with E-state index in [4.69, 9.17) is 5.73 Å². The van der Waals surface area contributed by atoms with Gasteiger partial charge in [-0.2, -0.15) is 4.31 Å². The number of halogens is 1. The van der Waals surface area contributed by atoms with Gasteiger partial charge in [-0.25, -0.2) is 8.42 Å². The van der Waals surface area contributed by atoms with Crippen molar-refractivity contribution in [1.29, 1.82) is 0 Å². The maximum absolute atomic E-state index is 12.3. The van der Waals surface area contributed by atoms with Crippen molar-refractivity contribution in [1.82, 2.24) is 9.21 Å². The van der Waals surface area contributed by atoms with Crippen molar-refractivity contribution in [3.05, 3.63) is 30.3 Å². The Bertz CT molecular complexity index is 580. The number of nitrogens with two attached hydrogens (primary N) is 1. The van der Waals surface area contributed by atoms with Crippen LogP contribution in [0.1, 0.15) is 6.42 Å². The Balaban J connectivity index is 0.00000220. The molecule has 6 nitrogen and oxygen atoms in total.